The summed E-state index contributed by atoms with van der Waals surface area (Å²) in [7, 11) is 0. The minimum Gasteiger partial charge on any atom is -0.439 e. The second kappa shape index (κ2) is 6.35. The predicted molar refractivity (Wildman–Crippen MR) is 74.7 cm³/mol. The van der Waals surface area contributed by atoms with Crippen LogP contribution in [0.25, 0.3) is 0 Å². The molecule has 0 bridgehead atoms. The molecule has 0 saturated carbocycles. The van der Waals surface area contributed by atoms with Crippen LogP contribution >= 0.6 is 11.6 Å². The number of aromatic nitrogens is 1. The van der Waals surface area contributed by atoms with Crippen molar-refractivity contribution in [3.05, 3.63) is 53.2 Å². The predicted octanol–water partition coefficient (Wildman–Crippen LogP) is 5.19. The normalized spacial score (nSPS) is 11.5. The Bertz CT molecular complexity index is 589. The van der Waals surface area contributed by atoms with Crippen molar-refractivity contribution < 1.29 is 17.9 Å². The molecule has 0 unspecified atom stereocenters. The lowest BCUT2D eigenvalue weighted by molar-refractivity contribution is -0.137. The summed E-state index contributed by atoms with van der Waals surface area (Å²) in [6.45, 7) is 1.95. The summed E-state index contributed by atoms with van der Waals surface area (Å²) < 4.78 is 42.9. The number of nitrogens with zero attached hydrogens (tertiary/aromatic N) is 1. The number of hydrogen-bond acceptors (Lipinski definition) is 2. The summed E-state index contributed by atoms with van der Waals surface area (Å²) >= 11 is 5.79. The van der Waals surface area contributed by atoms with E-state index in [1.54, 1.807) is 6.07 Å². The summed E-state index contributed by atoms with van der Waals surface area (Å²) in [5.74, 6) is 0.938. The molecule has 0 spiro atoms. The van der Waals surface area contributed by atoms with E-state index in [0.717, 1.165) is 23.4 Å². The van der Waals surface area contributed by atoms with Crippen LogP contribution in [0, 0.1) is 0 Å². The number of ether oxygens (including phenoxy) is 1. The molecule has 0 aliphatic carbocycles. The Morgan fingerprint density at radius 2 is 1.81 bits per heavy atom. The molecular weight excluding hydrogens is 303 g/mol. The van der Waals surface area contributed by atoms with Crippen molar-refractivity contribution in [1.29, 1.82) is 0 Å². The Morgan fingerprint density at radius 1 is 1.14 bits per heavy atom. The Morgan fingerprint density at radius 3 is 2.33 bits per heavy atom. The number of alkyl halides is 4. The molecule has 1 aromatic carbocycles. The molecule has 0 aliphatic rings. The fourth-order valence-corrected chi connectivity index (χ4v) is 1.92. The first-order valence-corrected chi connectivity index (χ1v) is 6.86. The van der Waals surface area contributed by atoms with Gasteiger partial charge in [0.25, 0.3) is 0 Å². The number of benzene rings is 1. The highest BCUT2D eigenvalue weighted by Gasteiger charge is 2.30. The maximum atomic E-state index is 12.5. The zero-order valence-electron chi connectivity index (χ0n) is 11.2. The molecule has 1 heterocycles. The van der Waals surface area contributed by atoms with E-state index in [4.69, 9.17) is 16.3 Å². The molecule has 2 rings (SSSR count). The number of aryl methyl sites for hydroxylation is 1. The second-order valence-electron chi connectivity index (χ2n) is 4.42. The summed E-state index contributed by atoms with van der Waals surface area (Å²) in [5, 5.41) is 0. The van der Waals surface area contributed by atoms with Gasteiger partial charge in [0.15, 0.2) is 0 Å². The second-order valence-corrected chi connectivity index (χ2v) is 4.68. The molecule has 0 atom stereocenters. The van der Waals surface area contributed by atoms with E-state index >= 15 is 0 Å². The standard InChI is InChI=1S/C15H13ClF3NO/c1-2-12-7-10(9-16)8-14(20-12)21-13-5-3-11(4-6-13)15(17,18)19/h3-8H,2,9H2,1H3. The van der Waals surface area contributed by atoms with E-state index in [1.165, 1.54) is 12.1 Å². The number of pyridine rings is 1. The topological polar surface area (TPSA) is 22.1 Å². The lowest BCUT2D eigenvalue weighted by atomic mass is 10.2. The van der Waals surface area contributed by atoms with Crippen LogP contribution in [0.1, 0.15) is 23.7 Å². The van der Waals surface area contributed by atoms with Crippen molar-refractivity contribution in [3.63, 3.8) is 0 Å². The molecule has 0 radical (unpaired) electrons. The van der Waals surface area contributed by atoms with Gasteiger partial charge in [0.1, 0.15) is 5.75 Å². The van der Waals surface area contributed by atoms with Crippen LogP contribution in [-0.2, 0) is 18.5 Å². The van der Waals surface area contributed by atoms with Crippen LogP contribution in [-0.4, -0.2) is 4.98 Å². The molecule has 0 aliphatic heterocycles. The Hall–Kier alpha value is -1.75. The average molecular weight is 316 g/mol. The highest BCUT2D eigenvalue weighted by atomic mass is 35.5. The summed E-state index contributed by atoms with van der Waals surface area (Å²) in [5.41, 5.74) is 0.951. The van der Waals surface area contributed by atoms with E-state index in [9.17, 15) is 13.2 Å². The van der Waals surface area contributed by atoms with Crippen LogP contribution in [0.3, 0.4) is 0 Å². The van der Waals surface area contributed by atoms with E-state index < -0.39 is 11.7 Å². The molecule has 21 heavy (non-hydrogen) atoms. The van der Waals surface area contributed by atoms with E-state index in [2.05, 4.69) is 4.98 Å². The number of halogens is 4. The van der Waals surface area contributed by atoms with Gasteiger partial charge in [0, 0.05) is 17.6 Å². The van der Waals surface area contributed by atoms with Gasteiger partial charge in [-0.05, 0) is 42.3 Å². The first-order valence-electron chi connectivity index (χ1n) is 6.33. The van der Waals surface area contributed by atoms with Crippen molar-refractivity contribution in [1.82, 2.24) is 4.98 Å². The van der Waals surface area contributed by atoms with Crippen molar-refractivity contribution in [2.75, 3.05) is 0 Å². The fraction of sp³-hybridized carbons (Fsp3) is 0.267. The lowest BCUT2D eigenvalue weighted by Gasteiger charge is -2.10. The van der Waals surface area contributed by atoms with Crippen LogP contribution in [0.4, 0.5) is 13.2 Å². The molecule has 0 fully saturated rings. The van der Waals surface area contributed by atoms with Gasteiger partial charge in [-0.3, -0.25) is 0 Å². The third-order valence-electron chi connectivity index (χ3n) is 2.84. The molecule has 0 N–H and O–H groups in total. The van der Waals surface area contributed by atoms with Crippen molar-refractivity contribution >= 4 is 11.6 Å². The Balaban J connectivity index is 2.22. The molecule has 0 saturated heterocycles. The average Bonchev–Trinajstić information content (AvgIpc) is 2.46. The third kappa shape index (κ3) is 4.11. The van der Waals surface area contributed by atoms with Gasteiger partial charge in [0.2, 0.25) is 5.88 Å². The molecule has 6 heteroatoms. The SMILES string of the molecule is CCc1cc(CCl)cc(Oc2ccc(C(F)(F)F)cc2)n1. The van der Waals surface area contributed by atoms with Gasteiger partial charge in [-0.2, -0.15) is 13.2 Å². The van der Waals surface area contributed by atoms with E-state index in [0.29, 0.717) is 23.9 Å². The van der Waals surface area contributed by atoms with Crippen LogP contribution in [0.5, 0.6) is 11.6 Å². The molecule has 2 aromatic rings. The molecular formula is C15H13ClF3NO. The van der Waals surface area contributed by atoms with E-state index in [1.807, 2.05) is 13.0 Å². The quantitative estimate of drug-likeness (QED) is 0.724. The van der Waals surface area contributed by atoms with Gasteiger partial charge >= 0.3 is 6.18 Å². The Kier molecular flexibility index (Phi) is 4.73. The zero-order valence-corrected chi connectivity index (χ0v) is 12.0. The first kappa shape index (κ1) is 15.6. The summed E-state index contributed by atoms with van der Waals surface area (Å²) in [6, 6.07) is 8.02. The van der Waals surface area contributed by atoms with Gasteiger partial charge in [0.05, 0.1) is 5.56 Å². The van der Waals surface area contributed by atoms with E-state index in [-0.39, 0.29) is 0 Å². The molecule has 112 valence electrons. The van der Waals surface area contributed by atoms with Gasteiger partial charge in [-0.1, -0.05) is 6.92 Å². The minimum atomic E-state index is -4.36. The van der Waals surface area contributed by atoms with Crippen molar-refractivity contribution in [2.45, 2.75) is 25.4 Å². The van der Waals surface area contributed by atoms with Gasteiger partial charge < -0.3 is 4.74 Å². The maximum absolute atomic E-state index is 12.5. The summed E-state index contributed by atoms with van der Waals surface area (Å²) in [4.78, 5) is 4.26. The highest BCUT2D eigenvalue weighted by molar-refractivity contribution is 6.17. The smallest absolute Gasteiger partial charge is 0.416 e. The Labute approximate surface area is 125 Å². The van der Waals surface area contributed by atoms with Gasteiger partial charge in [-0.15, -0.1) is 11.6 Å². The van der Waals surface area contributed by atoms with Crippen LogP contribution in [0.15, 0.2) is 36.4 Å². The van der Waals surface area contributed by atoms with Crippen molar-refractivity contribution in [3.8, 4) is 11.6 Å². The van der Waals surface area contributed by atoms with Crippen LogP contribution in [0.2, 0.25) is 0 Å². The number of rotatable bonds is 4. The maximum Gasteiger partial charge on any atom is 0.416 e. The largest absolute Gasteiger partial charge is 0.439 e. The third-order valence-corrected chi connectivity index (χ3v) is 3.14. The molecule has 1 aromatic heterocycles. The monoisotopic (exact) mass is 315 g/mol. The first-order chi connectivity index (χ1) is 9.92. The highest BCUT2D eigenvalue weighted by Crippen LogP contribution is 2.31. The van der Waals surface area contributed by atoms with Gasteiger partial charge in [-0.25, -0.2) is 4.98 Å². The zero-order chi connectivity index (χ0) is 15.5. The molecule has 0 amide bonds. The summed E-state index contributed by atoms with van der Waals surface area (Å²) in [6.07, 6.45) is -3.64. The van der Waals surface area contributed by atoms with Crippen LogP contribution < -0.4 is 4.74 Å². The minimum absolute atomic E-state index is 0.296. The molecule has 2 nitrogen and oxygen atoms in total. The van der Waals surface area contributed by atoms with Crippen molar-refractivity contribution in [2.24, 2.45) is 0 Å². The fourth-order valence-electron chi connectivity index (χ4n) is 1.76. The lowest BCUT2D eigenvalue weighted by Crippen LogP contribution is -2.04. The number of hydrogen-bond donors (Lipinski definition) is 0.